The summed E-state index contributed by atoms with van der Waals surface area (Å²) in [5.41, 5.74) is 2.10. The highest BCUT2D eigenvalue weighted by Crippen LogP contribution is 2.25. The quantitative estimate of drug-likeness (QED) is 0.478. The predicted octanol–water partition coefficient (Wildman–Crippen LogP) is 2.28. The first-order valence-corrected chi connectivity index (χ1v) is 6.28. The number of ether oxygens (including phenoxy) is 1. The van der Waals surface area contributed by atoms with Gasteiger partial charge in [0.25, 0.3) is 0 Å². The Morgan fingerprint density at radius 1 is 1.43 bits per heavy atom. The molecule has 1 heterocycles. The number of carbonyl (C=O) groups excluding carboxylic acids is 1. The molecule has 0 bridgehead atoms. The number of hydrogen-bond acceptors (Lipinski definition) is 5. The summed E-state index contributed by atoms with van der Waals surface area (Å²) in [6.07, 6.45) is 0.743. The minimum atomic E-state index is -0.437. The van der Waals surface area contributed by atoms with Crippen molar-refractivity contribution >= 4 is 12.0 Å². The van der Waals surface area contributed by atoms with Crippen molar-refractivity contribution in [3.8, 4) is 5.75 Å². The summed E-state index contributed by atoms with van der Waals surface area (Å²) in [5.74, 6) is 0.607. The molecule has 7 nitrogen and oxygen atoms in total. The van der Waals surface area contributed by atoms with Gasteiger partial charge in [-0.05, 0) is 32.0 Å². The van der Waals surface area contributed by atoms with Crippen LogP contribution in [0.3, 0.4) is 0 Å². The molecule has 0 N–H and O–H groups in total. The second-order valence-corrected chi connectivity index (χ2v) is 4.62. The molecule has 0 atom stereocenters. The number of aryl methyl sites for hydroxylation is 1. The van der Waals surface area contributed by atoms with Gasteiger partial charge in [-0.1, -0.05) is 0 Å². The van der Waals surface area contributed by atoms with E-state index in [0.717, 1.165) is 11.8 Å². The number of benzene rings is 1. The van der Waals surface area contributed by atoms with Gasteiger partial charge in [0.2, 0.25) is 0 Å². The highest BCUT2D eigenvalue weighted by atomic mass is 16.6. The Hall–Kier alpha value is -2.70. The largest absolute Gasteiger partial charge is 0.496 e. The lowest BCUT2D eigenvalue weighted by atomic mass is 10.1. The SMILES string of the molecule is COc1ccc(C=O)cc1Cn1nc(C)c([N+](=O)[O-])c1C. The van der Waals surface area contributed by atoms with E-state index in [4.69, 9.17) is 4.74 Å². The molecule has 1 aromatic carbocycles. The molecule has 0 unspecified atom stereocenters. The van der Waals surface area contributed by atoms with Crippen molar-refractivity contribution in [2.45, 2.75) is 20.4 Å². The summed E-state index contributed by atoms with van der Waals surface area (Å²) in [6.45, 7) is 3.54. The number of hydrogen-bond donors (Lipinski definition) is 0. The minimum Gasteiger partial charge on any atom is -0.496 e. The predicted molar refractivity (Wildman–Crippen MR) is 75.8 cm³/mol. The van der Waals surface area contributed by atoms with E-state index in [1.165, 1.54) is 7.11 Å². The van der Waals surface area contributed by atoms with Gasteiger partial charge in [0, 0.05) is 11.1 Å². The summed E-state index contributed by atoms with van der Waals surface area (Å²) in [4.78, 5) is 21.4. The van der Waals surface area contributed by atoms with Crippen molar-refractivity contribution in [2.75, 3.05) is 7.11 Å². The third-order valence-corrected chi connectivity index (χ3v) is 3.29. The van der Waals surface area contributed by atoms with Crippen LogP contribution in [-0.4, -0.2) is 28.1 Å². The average Bonchev–Trinajstić information content (AvgIpc) is 2.73. The minimum absolute atomic E-state index is 0.0144. The smallest absolute Gasteiger partial charge is 0.312 e. The summed E-state index contributed by atoms with van der Waals surface area (Å²) in [7, 11) is 1.53. The van der Waals surface area contributed by atoms with Crippen molar-refractivity contribution in [2.24, 2.45) is 0 Å². The van der Waals surface area contributed by atoms with Crippen molar-refractivity contribution in [3.05, 3.63) is 50.8 Å². The van der Waals surface area contributed by atoms with E-state index in [1.54, 1.807) is 36.7 Å². The molecule has 0 amide bonds. The highest BCUT2D eigenvalue weighted by molar-refractivity contribution is 5.75. The number of rotatable bonds is 5. The fraction of sp³-hybridized carbons (Fsp3) is 0.286. The molecule has 0 radical (unpaired) electrons. The number of methoxy groups -OCH3 is 1. The zero-order chi connectivity index (χ0) is 15.6. The number of nitrogens with zero attached hydrogens (tertiary/aromatic N) is 3. The van der Waals surface area contributed by atoms with E-state index in [1.807, 2.05) is 0 Å². The first-order valence-electron chi connectivity index (χ1n) is 6.28. The van der Waals surface area contributed by atoms with Crippen LogP contribution < -0.4 is 4.74 Å². The Labute approximate surface area is 121 Å². The monoisotopic (exact) mass is 289 g/mol. The van der Waals surface area contributed by atoms with E-state index >= 15 is 0 Å². The molecule has 110 valence electrons. The summed E-state index contributed by atoms with van der Waals surface area (Å²) < 4.78 is 6.79. The van der Waals surface area contributed by atoms with E-state index in [0.29, 0.717) is 29.2 Å². The summed E-state index contributed by atoms with van der Waals surface area (Å²) in [6, 6.07) is 5.03. The first kappa shape index (κ1) is 14.7. The molecule has 7 heteroatoms. The van der Waals surface area contributed by atoms with Crippen molar-refractivity contribution in [1.29, 1.82) is 0 Å². The van der Waals surface area contributed by atoms with Crippen LogP contribution in [0.1, 0.15) is 27.3 Å². The van der Waals surface area contributed by atoms with Crippen LogP contribution in [0.2, 0.25) is 0 Å². The number of nitro groups is 1. The van der Waals surface area contributed by atoms with Crippen LogP contribution >= 0.6 is 0 Å². The van der Waals surface area contributed by atoms with Gasteiger partial charge in [-0.2, -0.15) is 5.10 Å². The number of aldehydes is 1. The zero-order valence-corrected chi connectivity index (χ0v) is 12.0. The molecule has 0 saturated carbocycles. The normalized spacial score (nSPS) is 10.4. The molecule has 0 aliphatic carbocycles. The van der Waals surface area contributed by atoms with E-state index < -0.39 is 4.92 Å². The van der Waals surface area contributed by atoms with Crippen LogP contribution in [0.15, 0.2) is 18.2 Å². The number of carbonyl (C=O) groups is 1. The maximum atomic E-state index is 11.0. The Balaban J connectivity index is 2.45. The van der Waals surface area contributed by atoms with E-state index in [2.05, 4.69) is 5.10 Å². The molecular weight excluding hydrogens is 274 g/mol. The molecule has 2 rings (SSSR count). The standard InChI is InChI=1S/C14H15N3O4/c1-9-14(17(19)20)10(2)16(15-9)7-12-6-11(8-18)4-5-13(12)21-3/h4-6,8H,7H2,1-3H3. The first-order chi connectivity index (χ1) is 9.97. The fourth-order valence-electron chi connectivity index (χ4n) is 2.26. The van der Waals surface area contributed by atoms with Crippen LogP contribution in [0.25, 0.3) is 0 Å². The Bertz CT molecular complexity index is 706. The highest BCUT2D eigenvalue weighted by Gasteiger charge is 2.22. The van der Waals surface area contributed by atoms with Gasteiger partial charge in [-0.3, -0.25) is 19.6 Å². The van der Waals surface area contributed by atoms with Crippen molar-refractivity contribution in [3.63, 3.8) is 0 Å². The molecule has 0 saturated heterocycles. The lowest BCUT2D eigenvalue weighted by Crippen LogP contribution is -2.06. The Kier molecular flexibility index (Phi) is 4.02. The second-order valence-electron chi connectivity index (χ2n) is 4.62. The topological polar surface area (TPSA) is 87.3 Å². The van der Waals surface area contributed by atoms with Crippen molar-refractivity contribution in [1.82, 2.24) is 9.78 Å². The van der Waals surface area contributed by atoms with Crippen LogP contribution in [0.5, 0.6) is 5.75 Å². The molecule has 0 spiro atoms. The molecule has 2 aromatic rings. The zero-order valence-electron chi connectivity index (χ0n) is 12.0. The summed E-state index contributed by atoms with van der Waals surface area (Å²) in [5, 5.41) is 15.2. The van der Waals surface area contributed by atoms with Gasteiger partial charge >= 0.3 is 5.69 Å². The second kappa shape index (κ2) is 5.74. The van der Waals surface area contributed by atoms with Gasteiger partial charge < -0.3 is 4.74 Å². The van der Waals surface area contributed by atoms with Gasteiger partial charge in [-0.25, -0.2) is 0 Å². The van der Waals surface area contributed by atoms with Crippen LogP contribution in [0.4, 0.5) is 5.69 Å². The van der Waals surface area contributed by atoms with Crippen LogP contribution in [-0.2, 0) is 6.54 Å². The third-order valence-electron chi connectivity index (χ3n) is 3.29. The molecule has 0 fully saturated rings. The molecule has 0 aliphatic heterocycles. The molecule has 21 heavy (non-hydrogen) atoms. The van der Waals surface area contributed by atoms with Gasteiger partial charge in [0.1, 0.15) is 23.4 Å². The Morgan fingerprint density at radius 2 is 2.14 bits per heavy atom. The lowest BCUT2D eigenvalue weighted by Gasteiger charge is -2.10. The molecule has 0 aliphatic rings. The Morgan fingerprint density at radius 3 is 2.67 bits per heavy atom. The van der Waals surface area contributed by atoms with Gasteiger partial charge in [-0.15, -0.1) is 0 Å². The van der Waals surface area contributed by atoms with Crippen LogP contribution in [0, 0.1) is 24.0 Å². The summed E-state index contributed by atoms with van der Waals surface area (Å²) >= 11 is 0. The maximum Gasteiger partial charge on any atom is 0.312 e. The molecule has 1 aromatic heterocycles. The van der Waals surface area contributed by atoms with E-state index in [-0.39, 0.29) is 5.69 Å². The third kappa shape index (κ3) is 2.76. The van der Waals surface area contributed by atoms with E-state index in [9.17, 15) is 14.9 Å². The van der Waals surface area contributed by atoms with Crippen molar-refractivity contribution < 1.29 is 14.5 Å². The van der Waals surface area contributed by atoms with Gasteiger partial charge in [0.15, 0.2) is 0 Å². The lowest BCUT2D eigenvalue weighted by molar-refractivity contribution is -0.386. The molecular formula is C14H15N3O4. The maximum absolute atomic E-state index is 11.0. The van der Waals surface area contributed by atoms with Gasteiger partial charge in [0.05, 0.1) is 18.6 Å². The number of aromatic nitrogens is 2. The fourth-order valence-corrected chi connectivity index (χ4v) is 2.26. The average molecular weight is 289 g/mol.